The number of nitrogens with one attached hydrogen (secondary N) is 2. The van der Waals surface area contributed by atoms with E-state index < -0.39 is 17.9 Å². The number of nitrogens with zero attached hydrogens (tertiary/aromatic N) is 2. The molecule has 10 heteroatoms. The quantitative estimate of drug-likeness (QED) is 0.631. The summed E-state index contributed by atoms with van der Waals surface area (Å²) in [5, 5.41) is 4.05. The Labute approximate surface area is 184 Å². The van der Waals surface area contributed by atoms with Crippen LogP contribution in [0, 0.1) is 0 Å². The number of carbonyl (C=O) groups is 3. The summed E-state index contributed by atoms with van der Waals surface area (Å²) >= 11 is 5.30. The first-order chi connectivity index (χ1) is 14.8. The van der Waals surface area contributed by atoms with E-state index in [9.17, 15) is 14.4 Å². The maximum atomic E-state index is 12.9. The highest BCUT2D eigenvalue weighted by atomic mass is 32.1. The fourth-order valence-electron chi connectivity index (χ4n) is 3.05. The lowest BCUT2D eigenvalue weighted by atomic mass is 10.1. The molecule has 1 atom stereocenters. The molecule has 1 unspecified atom stereocenters. The van der Waals surface area contributed by atoms with Crippen molar-refractivity contribution in [2.75, 3.05) is 26.6 Å². The predicted molar refractivity (Wildman–Crippen MR) is 118 cm³/mol. The fraction of sp³-hybridized carbons (Fsp3) is 0.238. The molecule has 2 aromatic carbocycles. The van der Waals surface area contributed by atoms with Crippen molar-refractivity contribution in [2.45, 2.75) is 12.5 Å². The summed E-state index contributed by atoms with van der Waals surface area (Å²) in [7, 11) is 4.44. The molecular formula is C21H22N4O5S. The highest BCUT2D eigenvalue weighted by molar-refractivity contribution is 7.80. The van der Waals surface area contributed by atoms with Crippen LogP contribution in [0.5, 0.6) is 11.5 Å². The second kappa shape index (κ2) is 9.43. The summed E-state index contributed by atoms with van der Waals surface area (Å²) in [5.41, 5.74) is 3.48. The van der Waals surface area contributed by atoms with Gasteiger partial charge in [0.05, 0.1) is 20.6 Å². The largest absolute Gasteiger partial charge is 0.497 e. The number of hydrogen-bond donors (Lipinski definition) is 2. The second-order valence-corrected chi connectivity index (χ2v) is 7.09. The van der Waals surface area contributed by atoms with Crippen molar-refractivity contribution in [3.63, 3.8) is 0 Å². The number of ether oxygens (including phenoxy) is 2. The Bertz CT molecular complexity index is 992. The van der Waals surface area contributed by atoms with Crippen LogP contribution in [0.2, 0.25) is 0 Å². The lowest BCUT2D eigenvalue weighted by molar-refractivity contribution is -0.130. The summed E-state index contributed by atoms with van der Waals surface area (Å²) in [6.45, 7) is 0. The van der Waals surface area contributed by atoms with E-state index in [1.54, 1.807) is 30.3 Å². The van der Waals surface area contributed by atoms with E-state index in [1.165, 1.54) is 43.3 Å². The van der Waals surface area contributed by atoms with Crippen molar-refractivity contribution in [1.82, 2.24) is 15.3 Å². The van der Waals surface area contributed by atoms with Crippen LogP contribution in [0.1, 0.15) is 16.8 Å². The van der Waals surface area contributed by atoms with Crippen LogP contribution in [-0.4, -0.2) is 60.1 Å². The Balaban J connectivity index is 1.77. The average molecular weight is 442 g/mol. The highest BCUT2D eigenvalue weighted by Gasteiger charge is 2.42. The average Bonchev–Trinajstić information content (AvgIpc) is 2.97. The lowest BCUT2D eigenvalue weighted by Crippen LogP contribution is -2.49. The zero-order valence-corrected chi connectivity index (χ0v) is 18.1. The van der Waals surface area contributed by atoms with E-state index in [1.807, 2.05) is 6.07 Å². The lowest BCUT2D eigenvalue weighted by Gasteiger charge is -2.24. The van der Waals surface area contributed by atoms with Crippen molar-refractivity contribution >= 4 is 40.7 Å². The van der Waals surface area contributed by atoms with Gasteiger partial charge in [-0.05, 0) is 36.5 Å². The van der Waals surface area contributed by atoms with Gasteiger partial charge in [-0.25, -0.2) is 5.01 Å². The van der Waals surface area contributed by atoms with E-state index >= 15 is 0 Å². The molecule has 31 heavy (non-hydrogen) atoms. The number of para-hydroxylation sites is 1. The maximum absolute atomic E-state index is 12.9. The summed E-state index contributed by atoms with van der Waals surface area (Å²) in [6, 6.07) is 12.6. The normalized spacial score (nSPS) is 15.6. The maximum Gasteiger partial charge on any atom is 0.270 e. The van der Waals surface area contributed by atoms with E-state index in [-0.39, 0.29) is 23.0 Å². The van der Waals surface area contributed by atoms with E-state index in [0.29, 0.717) is 17.2 Å². The minimum Gasteiger partial charge on any atom is -0.497 e. The van der Waals surface area contributed by atoms with Crippen LogP contribution in [0.3, 0.4) is 0 Å². The molecule has 9 nitrogen and oxygen atoms in total. The fourth-order valence-corrected chi connectivity index (χ4v) is 3.31. The van der Waals surface area contributed by atoms with Gasteiger partial charge in [-0.15, -0.1) is 0 Å². The first-order valence-electron chi connectivity index (χ1n) is 9.33. The molecular weight excluding hydrogens is 420 g/mol. The summed E-state index contributed by atoms with van der Waals surface area (Å²) in [6.07, 6.45) is -0.195. The van der Waals surface area contributed by atoms with Gasteiger partial charge in [0.1, 0.15) is 17.5 Å². The second-order valence-electron chi connectivity index (χ2n) is 6.73. The van der Waals surface area contributed by atoms with Crippen molar-refractivity contribution in [1.29, 1.82) is 0 Å². The number of carbonyl (C=O) groups excluding carboxylic acids is 3. The van der Waals surface area contributed by atoms with Gasteiger partial charge in [0.25, 0.3) is 11.8 Å². The molecule has 162 valence electrons. The smallest absolute Gasteiger partial charge is 0.270 e. The molecule has 1 fully saturated rings. The number of amides is 3. The Kier molecular flexibility index (Phi) is 6.71. The van der Waals surface area contributed by atoms with Crippen LogP contribution in [0.25, 0.3) is 0 Å². The van der Waals surface area contributed by atoms with E-state index in [2.05, 4.69) is 10.7 Å². The zero-order valence-electron chi connectivity index (χ0n) is 17.2. The van der Waals surface area contributed by atoms with Crippen LogP contribution in [0.15, 0.2) is 48.5 Å². The summed E-state index contributed by atoms with van der Waals surface area (Å²) < 4.78 is 10.4. The number of thiocarbonyl (C=S) groups is 1. The highest BCUT2D eigenvalue weighted by Crippen LogP contribution is 2.24. The van der Waals surface area contributed by atoms with Crippen LogP contribution >= 0.6 is 12.2 Å². The Morgan fingerprint density at radius 3 is 2.26 bits per heavy atom. The predicted octanol–water partition coefficient (Wildman–Crippen LogP) is 1.80. The molecule has 3 amide bonds. The molecule has 0 aromatic heterocycles. The minimum absolute atomic E-state index is 0.0886. The minimum atomic E-state index is -0.974. The standard InChI is InChI=1S/C21H22N4O5S/c1-24-20(28)17(12-18(26)22-14-7-5-4-6-8-14)25(21(24)31)23-19(27)13-9-15(29-2)11-16(10-13)30-3/h4-11,17H,12H2,1-3H3,(H,22,26)(H,23,27). The van der Waals surface area contributed by atoms with Gasteiger partial charge in [0.2, 0.25) is 5.91 Å². The van der Waals surface area contributed by atoms with Gasteiger partial charge in [0.15, 0.2) is 5.11 Å². The number of benzene rings is 2. The van der Waals surface area contributed by atoms with Crippen molar-refractivity contribution < 1.29 is 23.9 Å². The third-order valence-corrected chi connectivity index (χ3v) is 5.16. The van der Waals surface area contributed by atoms with Crippen molar-refractivity contribution in [2.24, 2.45) is 0 Å². The SMILES string of the molecule is COc1cc(OC)cc(C(=O)NN2C(=S)N(C)C(=O)C2CC(=O)Nc2ccccc2)c1. The van der Waals surface area contributed by atoms with Gasteiger partial charge in [-0.1, -0.05) is 18.2 Å². The first kappa shape index (κ1) is 22.0. The topological polar surface area (TPSA) is 100 Å². The Morgan fingerprint density at radius 2 is 1.68 bits per heavy atom. The van der Waals surface area contributed by atoms with Gasteiger partial charge in [-0.2, -0.15) is 0 Å². The number of rotatable bonds is 7. The van der Waals surface area contributed by atoms with Gasteiger partial charge in [-0.3, -0.25) is 24.7 Å². The van der Waals surface area contributed by atoms with E-state index in [4.69, 9.17) is 21.7 Å². The van der Waals surface area contributed by atoms with Crippen LogP contribution in [-0.2, 0) is 9.59 Å². The molecule has 0 saturated carbocycles. The molecule has 3 rings (SSSR count). The monoisotopic (exact) mass is 442 g/mol. The number of likely N-dealkylation sites (N-methyl/N-ethyl adjacent to an activating group) is 1. The van der Waals surface area contributed by atoms with Gasteiger partial charge in [0, 0.05) is 24.4 Å². The molecule has 1 aliphatic heterocycles. The van der Waals surface area contributed by atoms with Gasteiger partial charge >= 0.3 is 0 Å². The van der Waals surface area contributed by atoms with Crippen LogP contribution in [0.4, 0.5) is 5.69 Å². The Morgan fingerprint density at radius 1 is 1.06 bits per heavy atom. The van der Waals surface area contributed by atoms with Gasteiger partial charge < -0.3 is 14.8 Å². The number of hydrazine groups is 1. The number of methoxy groups -OCH3 is 2. The van der Waals surface area contributed by atoms with Crippen LogP contribution < -0.4 is 20.2 Å². The molecule has 2 aromatic rings. The molecule has 1 saturated heterocycles. The van der Waals surface area contributed by atoms with E-state index in [0.717, 1.165) is 0 Å². The first-order valence-corrected chi connectivity index (χ1v) is 9.74. The van der Waals surface area contributed by atoms with Crippen molar-refractivity contribution in [3.05, 3.63) is 54.1 Å². The third kappa shape index (κ3) is 4.92. The summed E-state index contributed by atoms with van der Waals surface area (Å²) in [5.74, 6) is -0.446. The van der Waals surface area contributed by atoms with Crippen molar-refractivity contribution in [3.8, 4) is 11.5 Å². The summed E-state index contributed by atoms with van der Waals surface area (Å²) in [4.78, 5) is 39.2. The third-order valence-electron chi connectivity index (χ3n) is 4.69. The molecule has 1 aliphatic rings. The molecule has 0 aliphatic carbocycles. The molecule has 0 radical (unpaired) electrons. The molecule has 0 spiro atoms. The zero-order chi connectivity index (χ0) is 22.5. The Hall–Kier alpha value is -3.66. The number of anilines is 1. The molecule has 0 bridgehead atoms. The molecule has 1 heterocycles. The number of hydrogen-bond acceptors (Lipinski definition) is 6. The molecule has 2 N–H and O–H groups in total.